The molecule has 0 spiro atoms. The van der Waals surface area contributed by atoms with Gasteiger partial charge in [0.25, 0.3) is 0 Å². The maximum absolute atomic E-state index is 6.26. The van der Waals surface area contributed by atoms with Crippen LogP contribution in [0.5, 0.6) is 0 Å². The van der Waals surface area contributed by atoms with Gasteiger partial charge in [-0.05, 0) is 57.2 Å². The van der Waals surface area contributed by atoms with E-state index in [1.807, 2.05) is 12.3 Å². The molecular formula is C16H25ClN2O. The Kier molecular flexibility index (Phi) is 5.82. The van der Waals surface area contributed by atoms with Gasteiger partial charge in [0, 0.05) is 25.0 Å². The van der Waals surface area contributed by atoms with Crippen molar-refractivity contribution < 1.29 is 4.74 Å². The van der Waals surface area contributed by atoms with E-state index < -0.39 is 0 Å². The molecule has 2 heterocycles. The Bertz CT molecular complexity index is 419. The van der Waals surface area contributed by atoms with Gasteiger partial charge in [0.2, 0.25) is 0 Å². The minimum absolute atomic E-state index is 0.0972. The third kappa shape index (κ3) is 3.94. The Balaban J connectivity index is 2.12. The highest BCUT2D eigenvalue weighted by molar-refractivity contribution is 6.31. The molecule has 1 saturated heterocycles. The van der Waals surface area contributed by atoms with E-state index in [4.69, 9.17) is 16.3 Å². The van der Waals surface area contributed by atoms with Crippen LogP contribution in [0.3, 0.4) is 0 Å². The van der Waals surface area contributed by atoms with Crippen LogP contribution in [0.15, 0.2) is 18.5 Å². The van der Waals surface area contributed by atoms with Gasteiger partial charge >= 0.3 is 0 Å². The topological polar surface area (TPSA) is 34.2 Å². The minimum atomic E-state index is -0.0972. The molecule has 1 aromatic rings. The molecule has 0 saturated carbocycles. The minimum Gasteiger partial charge on any atom is -0.374 e. The molecule has 2 unspecified atom stereocenters. The van der Waals surface area contributed by atoms with Gasteiger partial charge in [0.05, 0.1) is 10.6 Å². The van der Waals surface area contributed by atoms with E-state index in [0.717, 1.165) is 43.0 Å². The average molecular weight is 297 g/mol. The van der Waals surface area contributed by atoms with Crippen molar-refractivity contribution in [3.63, 3.8) is 0 Å². The lowest BCUT2D eigenvalue weighted by molar-refractivity contribution is -0.0883. The highest BCUT2D eigenvalue weighted by Crippen LogP contribution is 2.30. The molecule has 1 aliphatic heterocycles. The molecule has 1 aliphatic rings. The van der Waals surface area contributed by atoms with E-state index in [9.17, 15) is 0 Å². The lowest BCUT2D eigenvalue weighted by Gasteiger charge is -2.41. The van der Waals surface area contributed by atoms with Gasteiger partial charge in [0.1, 0.15) is 0 Å². The molecule has 0 aliphatic carbocycles. The highest BCUT2D eigenvalue weighted by Gasteiger charge is 2.36. The zero-order chi connectivity index (χ0) is 14.4. The molecule has 0 radical (unpaired) electrons. The van der Waals surface area contributed by atoms with Crippen molar-refractivity contribution in [2.45, 2.75) is 57.6 Å². The summed E-state index contributed by atoms with van der Waals surface area (Å²) in [6.07, 6.45) is 9.06. The molecule has 4 heteroatoms. The number of rotatable bonds is 6. The third-order valence-electron chi connectivity index (χ3n) is 4.16. The zero-order valence-corrected chi connectivity index (χ0v) is 13.2. The van der Waals surface area contributed by atoms with Crippen LogP contribution >= 0.6 is 11.6 Å². The van der Waals surface area contributed by atoms with E-state index in [2.05, 4.69) is 24.1 Å². The molecule has 2 rings (SSSR count). The molecule has 20 heavy (non-hydrogen) atoms. The number of nitrogens with one attached hydrogen (secondary N) is 1. The second-order valence-electron chi connectivity index (χ2n) is 5.80. The van der Waals surface area contributed by atoms with Crippen molar-refractivity contribution in [2.24, 2.45) is 0 Å². The van der Waals surface area contributed by atoms with Crippen molar-refractivity contribution in [3.05, 3.63) is 29.0 Å². The first kappa shape index (κ1) is 15.7. The van der Waals surface area contributed by atoms with Crippen LogP contribution < -0.4 is 5.32 Å². The maximum atomic E-state index is 6.26. The molecule has 1 N–H and O–H groups in total. The van der Waals surface area contributed by atoms with Gasteiger partial charge in [-0.15, -0.1) is 0 Å². The smallest absolute Gasteiger partial charge is 0.0810 e. The fourth-order valence-electron chi connectivity index (χ4n) is 2.84. The second kappa shape index (κ2) is 7.39. The molecule has 2 atom stereocenters. The predicted molar refractivity (Wildman–Crippen MR) is 83.2 cm³/mol. The second-order valence-corrected chi connectivity index (χ2v) is 6.20. The van der Waals surface area contributed by atoms with Gasteiger partial charge in [-0.25, -0.2) is 0 Å². The number of nitrogens with zero attached hydrogens (tertiary/aromatic N) is 1. The lowest BCUT2D eigenvalue weighted by Crippen LogP contribution is -2.53. The molecule has 0 aromatic carbocycles. The number of aromatic nitrogens is 1. The summed E-state index contributed by atoms with van der Waals surface area (Å²) in [5.41, 5.74) is 1.05. The van der Waals surface area contributed by atoms with Crippen LogP contribution in [-0.2, 0) is 11.2 Å². The van der Waals surface area contributed by atoms with Crippen molar-refractivity contribution in [1.82, 2.24) is 10.3 Å². The van der Waals surface area contributed by atoms with Crippen molar-refractivity contribution in [1.29, 1.82) is 0 Å². The first-order valence-corrected chi connectivity index (χ1v) is 7.99. The number of halogens is 1. The molecular weight excluding hydrogens is 272 g/mol. The molecule has 1 aromatic heterocycles. The molecule has 0 bridgehead atoms. The van der Waals surface area contributed by atoms with Gasteiger partial charge in [-0.1, -0.05) is 18.5 Å². The third-order valence-corrected chi connectivity index (χ3v) is 4.50. The highest BCUT2D eigenvalue weighted by atomic mass is 35.5. The van der Waals surface area contributed by atoms with Crippen LogP contribution in [0, 0.1) is 0 Å². The van der Waals surface area contributed by atoms with E-state index in [1.54, 1.807) is 6.20 Å². The Hall–Kier alpha value is -0.640. The van der Waals surface area contributed by atoms with Crippen molar-refractivity contribution in [3.8, 4) is 0 Å². The molecule has 3 nitrogen and oxygen atoms in total. The van der Waals surface area contributed by atoms with E-state index in [-0.39, 0.29) is 5.60 Å². The van der Waals surface area contributed by atoms with Crippen LogP contribution in [0.1, 0.15) is 45.1 Å². The standard InChI is InChI=1S/C16H25ClN2O/c1-3-8-19-15(16(2)7-4-5-10-20-16)11-13-6-9-18-12-14(13)17/h6,9,12,15,19H,3-5,7-8,10-11H2,1-2H3. The number of pyridine rings is 1. The van der Waals surface area contributed by atoms with E-state index >= 15 is 0 Å². The van der Waals surface area contributed by atoms with E-state index in [0.29, 0.717) is 6.04 Å². The Labute approximate surface area is 127 Å². The van der Waals surface area contributed by atoms with Gasteiger partial charge in [-0.3, -0.25) is 4.98 Å². The summed E-state index contributed by atoms with van der Waals surface area (Å²) in [6.45, 7) is 6.29. The Morgan fingerprint density at radius 1 is 1.50 bits per heavy atom. The average Bonchev–Trinajstić information content (AvgIpc) is 2.46. The summed E-state index contributed by atoms with van der Waals surface area (Å²) in [6, 6.07) is 2.30. The summed E-state index contributed by atoms with van der Waals surface area (Å²) < 4.78 is 6.12. The normalized spacial score (nSPS) is 24.6. The van der Waals surface area contributed by atoms with Crippen LogP contribution in [0.25, 0.3) is 0 Å². The van der Waals surface area contributed by atoms with E-state index in [1.165, 1.54) is 12.8 Å². The quantitative estimate of drug-likeness (QED) is 0.871. The zero-order valence-electron chi connectivity index (χ0n) is 12.5. The summed E-state index contributed by atoms with van der Waals surface area (Å²) in [4.78, 5) is 4.06. The predicted octanol–water partition coefficient (Wildman–Crippen LogP) is 3.60. The van der Waals surface area contributed by atoms with Gasteiger partial charge < -0.3 is 10.1 Å². The number of hydrogen-bond acceptors (Lipinski definition) is 3. The van der Waals surface area contributed by atoms with Crippen LogP contribution in [0.2, 0.25) is 5.02 Å². The summed E-state index contributed by atoms with van der Waals surface area (Å²) in [5.74, 6) is 0. The number of ether oxygens (including phenoxy) is 1. The van der Waals surface area contributed by atoms with Gasteiger partial charge in [0.15, 0.2) is 0 Å². The largest absolute Gasteiger partial charge is 0.374 e. The van der Waals surface area contributed by atoms with Crippen molar-refractivity contribution >= 4 is 11.6 Å². The fourth-order valence-corrected chi connectivity index (χ4v) is 3.04. The van der Waals surface area contributed by atoms with Crippen molar-refractivity contribution in [2.75, 3.05) is 13.2 Å². The number of hydrogen-bond donors (Lipinski definition) is 1. The fraction of sp³-hybridized carbons (Fsp3) is 0.688. The summed E-state index contributed by atoms with van der Waals surface area (Å²) >= 11 is 6.26. The maximum Gasteiger partial charge on any atom is 0.0810 e. The summed E-state index contributed by atoms with van der Waals surface area (Å²) in [7, 11) is 0. The lowest BCUT2D eigenvalue weighted by atomic mass is 9.84. The Morgan fingerprint density at radius 2 is 2.35 bits per heavy atom. The van der Waals surface area contributed by atoms with Gasteiger partial charge in [-0.2, -0.15) is 0 Å². The van der Waals surface area contributed by atoms with Crippen LogP contribution in [0.4, 0.5) is 0 Å². The Morgan fingerprint density at radius 3 is 3.00 bits per heavy atom. The SMILES string of the molecule is CCCNC(Cc1ccncc1Cl)C1(C)CCCCO1. The molecule has 112 valence electrons. The monoisotopic (exact) mass is 296 g/mol. The summed E-state index contributed by atoms with van der Waals surface area (Å²) in [5, 5.41) is 4.40. The first-order chi connectivity index (χ1) is 9.65. The first-order valence-electron chi connectivity index (χ1n) is 7.61. The molecule has 1 fully saturated rings. The van der Waals surface area contributed by atoms with Crippen LogP contribution in [-0.4, -0.2) is 29.8 Å². The molecule has 0 amide bonds.